The van der Waals surface area contributed by atoms with E-state index in [1.807, 2.05) is 78.9 Å². The summed E-state index contributed by atoms with van der Waals surface area (Å²) in [6.07, 6.45) is 0.532. The average molecular weight is 562 g/mol. The van der Waals surface area contributed by atoms with E-state index in [9.17, 15) is 14.4 Å². The van der Waals surface area contributed by atoms with Gasteiger partial charge >= 0.3 is 6.09 Å². The largest absolute Gasteiger partial charge is 0.457 e. The number of nitrogens with zero attached hydrogens (tertiary/aromatic N) is 1. The van der Waals surface area contributed by atoms with E-state index in [0.29, 0.717) is 37.4 Å². The Bertz CT molecular complexity index is 1270. The fourth-order valence-corrected chi connectivity index (χ4v) is 3.83. The monoisotopic (exact) mass is 561 g/mol. The molecule has 0 heterocycles. The molecule has 41 heavy (non-hydrogen) atoms. The Morgan fingerprint density at radius 1 is 0.805 bits per heavy atom. The molecule has 0 aliphatic heterocycles. The predicted molar refractivity (Wildman–Crippen MR) is 156 cm³/mol. The SMILES string of the molecule is CN(C)C(=O)[C@H](Cc1ccc(Oc2ccc(CCC(=O)NOCc3ccccc3)cc2)cc1)NC(=O)OC(C)(C)C. The summed E-state index contributed by atoms with van der Waals surface area (Å²) < 4.78 is 11.3. The van der Waals surface area contributed by atoms with Crippen molar-refractivity contribution in [2.24, 2.45) is 0 Å². The van der Waals surface area contributed by atoms with E-state index in [1.54, 1.807) is 34.9 Å². The first kappa shape index (κ1) is 31.2. The number of carbonyl (C=O) groups is 3. The number of nitrogens with one attached hydrogen (secondary N) is 2. The van der Waals surface area contributed by atoms with Crippen molar-refractivity contribution < 1.29 is 28.7 Å². The van der Waals surface area contributed by atoms with Crippen molar-refractivity contribution in [3.8, 4) is 11.5 Å². The van der Waals surface area contributed by atoms with Gasteiger partial charge in [-0.15, -0.1) is 0 Å². The number of hydrogen-bond acceptors (Lipinski definition) is 6. The maximum absolute atomic E-state index is 12.7. The van der Waals surface area contributed by atoms with Gasteiger partial charge in [-0.2, -0.15) is 0 Å². The molecule has 218 valence electrons. The highest BCUT2D eigenvalue weighted by molar-refractivity contribution is 5.85. The number of carbonyl (C=O) groups excluding carboxylic acids is 3. The van der Waals surface area contributed by atoms with E-state index in [0.717, 1.165) is 16.7 Å². The van der Waals surface area contributed by atoms with Gasteiger partial charge in [0.05, 0.1) is 6.61 Å². The van der Waals surface area contributed by atoms with E-state index in [4.69, 9.17) is 14.3 Å². The zero-order valence-corrected chi connectivity index (χ0v) is 24.3. The number of hydrogen-bond donors (Lipinski definition) is 2. The molecule has 0 radical (unpaired) electrons. The van der Waals surface area contributed by atoms with E-state index < -0.39 is 17.7 Å². The highest BCUT2D eigenvalue weighted by atomic mass is 16.6. The lowest BCUT2D eigenvalue weighted by Gasteiger charge is -2.25. The summed E-state index contributed by atoms with van der Waals surface area (Å²) in [7, 11) is 3.29. The number of alkyl carbamates (subject to hydrolysis) is 1. The first-order chi connectivity index (χ1) is 19.5. The Hall–Kier alpha value is -4.37. The van der Waals surface area contributed by atoms with Crippen molar-refractivity contribution in [3.63, 3.8) is 0 Å². The van der Waals surface area contributed by atoms with E-state index in [2.05, 4.69) is 10.8 Å². The topological polar surface area (TPSA) is 106 Å². The molecule has 0 spiro atoms. The first-order valence-corrected chi connectivity index (χ1v) is 13.5. The van der Waals surface area contributed by atoms with Gasteiger partial charge in [0.25, 0.3) is 0 Å². The minimum Gasteiger partial charge on any atom is -0.457 e. The lowest BCUT2D eigenvalue weighted by molar-refractivity contribution is -0.134. The second-order valence-corrected chi connectivity index (χ2v) is 10.8. The van der Waals surface area contributed by atoms with Crippen LogP contribution in [0.5, 0.6) is 11.5 Å². The molecule has 0 aliphatic rings. The number of ether oxygens (including phenoxy) is 2. The summed E-state index contributed by atoms with van der Waals surface area (Å²) in [5, 5.41) is 2.68. The van der Waals surface area contributed by atoms with Crippen molar-refractivity contribution in [1.29, 1.82) is 0 Å². The van der Waals surface area contributed by atoms with Gasteiger partial charge in [-0.1, -0.05) is 54.6 Å². The summed E-state index contributed by atoms with van der Waals surface area (Å²) in [4.78, 5) is 43.8. The maximum Gasteiger partial charge on any atom is 0.408 e. The van der Waals surface area contributed by atoms with Gasteiger partial charge in [0, 0.05) is 26.9 Å². The van der Waals surface area contributed by atoms with Gasteiger partial charge in [-0.3, -0.25) is 14.4 Å². The number of likely N-dealkylation sites (N-methyl/N-ethyl adjacent to an activating group) is 1. The van der Waals surface area contributed by atoms with E-state index >= 15 is 0 Å². The second-order valence-electron chi connectivity index (χ2n) is 10.8. The normalized spacial score (nSPS) is 11.7. The molecule has 3 aromatic carbocycles. The highest BCUT2D eigenvalue weighted by Crippen LogP contribution is 2.23. The number of amides is 3. The average Bonchev–Trinajstić information content (AvgIpc) is 2.92. The highest BCUT2D eigenvalue weighted by Gasteiger charge is 2.25. The Kier molecular flexibility index (Phi) is 11.3. The summed E-state index contributed by atoms with van der Waals surface area (Å²) in [5.74, 6) is 0.877. The molecule has 0 saturated heterocycles. The molecule has 9 heteroatoms. The molecule has 0 bridgehead atoms. The lowest BCUT2D eigenvalue weighted by Crippen LogP contribution is -2.48. The zero-order valence-electron chi connectivity index (χ0n) is 24.3. The maximum atomic E-state index is 12.7. The lowest BCUT2D eigenvalue weighted by atomic mass is 10.0. The van der Waals surface area contributed by atoms with Crippen LogP contribution in [0, 0.1) is 0 Å². The number of benzene rings is 3. The smallest absolute Gasteiger partial charge is 0.408 e. The molecule has 0 aliphatic carbocycles. The Morgan fingerprint density at radius 3 is 1.95 bits per heavy atom. The Balaban J connectivity index is 1.47. The quantitative estimate of drug-likeness (QED) is 0.295. The summed E-state index contributed by atoms with van der Waals surface area (Å²) >= 11 is 0. The molecule has 3 aromatic rings. The van der Waals surface area contributed by atoms with Crippen LogP contribution in [0.25, 0.3) is 0 Å². The molecule has 0 fully saturated rings. The van der Waals surface area contributed by atoms with Gasteiger partial charge in [0.15, 0.2) is 0 Å². The van der Waals surface area contributed by atoms with Gasteiger partial charge < -0.3 is 19.7 Å². The first-order valence-electron chi connectivity index (χ1n) is 13.5. The fraction of sp³-hybridized carbons (Fsp3) is 0.344. The third kappa shape index (κ3) is 11.3. The summed E-state index contributed by atoms with van der Waals surface area (Å²) in [6.45, 7) is 5.62. The molecule has 2 N–H and O–H groups in total. The van der Waals surface area contributed by atoms with Crippen molar-refractivity contribution in [1.82, 2.24) is 15.7 Å². The van der Waals surface area contributed by atoms with Crippen molar-refractivity contribution >= 4 is 17.9 Å². The Morgan fingerprint density at radius 2 is 1.39 bits per heavy atom. The molecule has 3 amide bonds. The van der Waals surface area contributed by atoms with Crippen LogP contribution in [0.15, 0.2) is 78.9 Å². The Labute approximate surface area is 241 Å². The van der Waals surface area contributed by atoms with Crippen molar-refractivity contribution in [2.45, 2.75) is 58.3 Å². The van der Waals surface area contributed by atoms with Crippen LogP contribution in [-0.2, 0) is 38.6 Å². The van der Waals surface area contributed by atoms with E-state index in [-0.39, 0.29) is 11.8 Å². The van der Waals surface area contributed by atoms with Gasteiger partial charge in [0.2, 0.25) is 11.8 Å². The van der Waals surface area contributed by atoms with Crippen LogP contribution in [0.1, 0.15) is 43.9 Å². The van der Waals surface area contributed by atoms with Crippen molar-refractivity contribution in [2.75, 3.05) is 14.1 Å². The minimum absolute atomic E-state index is 0.183. The van der Waals surface area contributed by atoms with Crippen LogP contribution in [0.4, 0.5) is 4.79 Å². The third-order valence-corrected chi connectivity index (χ3v) is 5.86. The standard InChI is InChI=1S/C32H39N3O6/c1-32(2,3)41-31(38)33-28(30(37)35(4)5)21-24-13-18-27(19-14-24)40-26-16-11-23(12-17-26)15-20-29(36)34-39-22-25-9-7-6-8-10-25/h6-14,16-19,28H,15,20-22H2,1-5H3,(H,33,38)(H,34,36)/t28-/m0/s1. The number of hydroxylamine groups is 1. The second kappa shape index (κ2) is 14.9. The number of rotatable bonds is 12. The molecule has 0 saturated carbocycles. The predicted octanol–water partition coefficient (Wildman–Crippen LogP) is 5.18. The van der Waals surface area contributed by atoms with Crippen LogP contribution < -0.4 is 15.5 Å². The number of aryl methyl sites for hydroxylation is 1. The molecule has 1 atom stereocenters. The molecular weight excluding hydrogens is 522 g/mol. The molecular formula is C32H39N3O6. The van der Waals surface area contributed by atoms with Crippen LogP contribution in [0.3, 0.4) is 0 Å². The molecule has 0 aromatic heterocycles. The zero-order chi connectivity index (χ0) is 29.8. The van der Waals surface area contributed by atoms with Gasteiger partial charge in [-0.05, 0) is 68.1 Å². The van der Waals surface area contributed by atoms with Gasteiger partial charge in [0.1, 0.15) is 23.1 Å². The fourth-order valence-electron chi connectivity index (χ4n) is 3.83. The van der Waals surface area contributed by atoms with Crippen molar-refractivity contribution in [3.05, 3.63) is 95.6 Å². The van der Waals surface area contributed by atoms with E-state index in [1.165, 1.54) is 4.90 Å². The minimum atomic E-state index is -0.767. The molecule has 0 unspecified atom stereocenters. The van der Waals surface area contributed by atoms with Crippen LogP contribution >= 0.6 is 0 Å². The van der Waals surface area contributed by atoms with Crippen LogP contribution in [-0.4, -0.2) is 48.5 Å². The molecule has 9 nitrogen and oxygen atoms in total. The summed E-state index contributed by atoms with van der Waals surface area (Å²) in [6, 6.07) is 23.7. The summed E-state index contributed by atoms with van der Waals surface area (Å²) in [5.41, 5.74) is 4.65. The van der Waals surface area contributed by atoms with Crippen LogP contribution in [0.2, 0.25) is 0 Å². The van der Waals surface area contributed by atoms with Gasteiger partial charge in [-0.25, -0.2) is 10.3 Å². The molecule has 3 rings (SSSR count). The third-order valence-electron chi connectivity index (χ3n) is 5.86.